The maximum atomic E-state index is 13.6. The van der Waals surface area contributed by atoms with Crippen molar-refractivity contribution in [3.63, 3.8) is 0 Å². The Morgan fingerprint density at radius 2 is 1.62 bits per heavy atom. The lowest BCUT2D eigenvalue weighted by molar-refractivity contribution is -0.145. The molecule has 0 radical (unpaired) electrons. The Morgan fingerprint density at radius 3 is 2.24 bits per heavy atom. The van der Waals surface area contributed by atoms with Gasteiger partial charge in [-0.25, -0.2) is 22.7 Å². The van der Waals surface area contributed by atoms with Crippen molar-refractivity contribution in [1.29, 1.82) is 5.41 Å². The fraction of sp³-hybridized carbons (Fsp3) is 0.415. The Kier molecular flexibility index (Phi) is 12.6. The summed E-state index contributed by atoms with van der Waals surface area (Å²) < 4.78 is 46.4. The number of hydrogen-bond donors (Lipinski definition) is 5. The molecule has 3 aromatic rings. The van der Waals surface area contributed by atoms with Crippen molar-refractivity contribution in [3.05, 3.63) is 94.6 Å². The molecule has 294 valence electrons. The number of hydrogen-bond acceptors (Lipinski definition) is 9. The first-order valence-electron chi connectivity index (χ1n) is 18.4. The predicted octanol–water partition coefficient (Wildman–Crippen LogP) is 5.44. The zero-order valence-corrected chi connectivity index (χ0v) is 33.1. The molecule has 0 bridgehead atoms. The molecule has 14 heteroatoms. The van der Waals surface area contributed by atoms with E-state index in [1.807, 2.05) is 69.3 Å². The number of nitrogens with one attached hydrogen (secondary N) is 5. The molecule has 0 saturated carbocycles. The quantitative estimate of drug-likeness (QED) is 0.0468. The van der Waals surface area contributed by atoms with Gasteiger partial charge in [-0.15, -0.1) is 6.58 Å². The van der Waals surface area contributed by atoms with Crippen LogP contribution in [0, 0.1) is 26.2 Å². The molecule has 3 aromatic carbocycles. The van der Waals surface area contributed by atoms with Gasteiger partial charge in [0.2, 0.25) is 11.9 Å². The highest BCUT2D eigenvalue weighted by Gasteiger charge is 2.34. The molecule has 2 atom stereocenters. The van der Waals surface area contributed by atoms with Crippen LogP contribution in [0.4, 0.5) is 4.79 Å². The predicted molar refractivity (Wildman–Crippen MR) is 210 cm³/mol. The van der Waals surface area contributed by atoms with E-state index in [0.29, 0.717) is 23.3 Å². The normalized spacial score (nSPS) is 15.2. The second-order valence-electron chi connectivity index (χ2n) is 14.6. The summed E-state index contributed by atoms with van der Waals surface area (Å²) in [6, 6.07) is 13.7. The van der Waals surface area contributed by atoms with Crippen LogP contribution in [0.3, 0.4) is 0 Å². The lowest BCUT2D eigenvalue weighted by Crippen LogP contribution is -2.52. The third-order valence-corrected chi connectivity index (χ3v) is 11.9. The maximum absolute atomic E-state index is 13.6. The first-order valence-corrected chi connectivity index (χ1v) is 19.8. The van der Waals surface area contributed by atoms with E-state index in [2.05, 4.69) is 27.3 Å². The number of esters is 1. The Hall–Kier alpha value is -5.37. The molecule has 2 aliphatic rings. The van der Waals surface area contributed by atoms with Crippen LogP contribution in [0.15, 0.2) is 66.1 Å². The second kappa shape index (κ2) is 17.0. The Bertz CT molecular complexity index is 2050. The minimum absolute atomic E-state index is 0.0298. The highest BCUT2D eigenvalue weighted by atomic mass is 32.2. The molecule has 1 aliphatic carbocycles. The lowest BCUT2D eigenvalue weighted by Gasteiger charge is -2.35. The number of ether oxygens (including phenoxy) is 3. The fourth-order valence-electron chi connectivity index (χ4n) is 7.34. The van der Waals surface area contributed by atoms with Crippen molar-refractivity contribution in [3.8, 4) is 16.9 Å². The standard InChI is InChI=1S/C41H51N5O8S/c1-8-14-34(38(48)52-7)44-37(47)33(45-40(49)53-23-32-30-17-11-9-15-28(30)29-16-10-12-18-31(29)32)19-13-22-43-39(42)46-55(50,51)36-25(3)24(2)35-27(26(36)4)20-21-41(5,6)54-35/h8-12,15-18,32-34H,1,13-14,19-23H2,2-7H3,(H,44,47)(H,45,49)(H3,42,43,46)/t33-,34+/m1/s1. The molecule has 0 spiro atoms. The molecule has 1 heterocycles. The highest BCUT2D eigenvalue weighted by Crippen LogP contribution is 2.45. The molecule has 5 rings (SSSR count). The number of carbonyl (C=O) groups is 3. The molecule has 1 aliphatic heterocycles. The number of rotatable bonds is 14. The molecule has 55 heavy (non-hydrogen) atoms. The van der Waals surface area contributed by atoms with Crippen molar-refractivity contribution in [2.75, 3.05) is 20.3 Å². The molecule has 0 fully saturated rings. The number of alkyl carbamates (subject to hydrolysis) is 1. The van der Waals surface area contributed by atoms with Gasteiger partial charge in [-0.1, -0.05) is 54.6 Å². The second-order valence-corrected chi connectivity index (χ2v) is 16.2. The summed E-state index contributed by atoms with van der Waals surface area (Å²) in [6.45, 7) is 13.1. The van der Waals surface area contributed by atoms with Crippen LogP contribution in [0.2, 0.25) is 0 Å². The zero-order chi connectivity index (χ0) is 40.1. The van der Waals surface area contributed by atoms with Crippen molar-refractivity contribution < 1.29 is 37.0 Å². The molecule has 5 N–H and O–H groups in total. The zero-order valence-electron chi connectivity index (χ0n) is 32.3. The molecule has 0 unspecified atom stereocenters. The number of methoxy groups -OCH3 is 1. The van der Waals surface area contributed by atoms with Gasteiger partial charge < -0.3 is 30.2 Å². The van der Waals surface area contributed by atoms with Gasteiger partial charge in [0.15, 0.2) is 0 Å². The summed E-state index contributed by atoms with van der Waals surface area (Å²) in [5.41, 5.74) is 6.57. The topological polar surface area (TPSA) is 185 Å². The van der Waals surface area contributed by atoms with Crippen LogP contribution in [-0.4, -0.2) is 70.3 Å². The van der Waals surface area contributed by atoms with Crippen molar-refractivity contribution in [2.45, 2.75) is 95.2 Å². The van der Waals surface area contributed by atoms with E-state index in [4.69, 9.17) is 19.6 Å². The van der Waals surface area contributed by atoms with Gasteiger partial charge >= 0.3 is 12.1 Å². The summed E-state index contributed by atoms with van der Waals surface area (Å²) in [6.07, 6.45) is 2.43. The van der Waals surface area contributed by atoms with Crippen LogP contribution in [0.5, 0.6) is 5.75 Å². The van der Waals surface area contributed by atoms with Crippen LogP contribution >= 0.6 is 0 Å². The molecule has 0 aromatic heterocycles. The van der Waals surface area contributed by atoms with Gasteiger partial charge in [0.1, 0.15) is 30.0 Å². The van der Waals surface area contributed by atoms with E-state index in [9.17, 15) is 22.8 Å². The molecule has 0 saturated heterocycles. The number of guanidine groups is 1. The van der Waals surface area contributed by atoms with Gasteiger partial charge in [-0.05, 0) is 111 Å². The van der Waals surface area contributed by atoms with Crippen LogP contribution in [0.25, 0.3) is 11.1 Å². The van der Waals surface area contributed by atoms with E-state index in [1.54, 1.807) is 13.8 Å². The van der Waals surface area contributed by atoms with Crippen LogP contribution in [-0.2, 0) is 35.5 Å². The molecule has 2 amide bonds. The Balaban J connectivity index is 1.22. The summed E-state index contributed by atoms with van der Waals surface area (Å²) in [5, 5.41) is 16.4. The van der Waals surface area contributed by atoms with E-state index < -0.39 is 46.0 Å². The molecule has 13 nitrogen and oxygen atoms in total. The van der Waals surface area contributed by atoms with Gasteiger partial charge in [-0.2, -0.15) is 0 Å². The minimum atomic E-state index is -4.15. The van der Waals surface area contributed by atoms with E-state index >= 15 is 0 Å². The number of amides is 2. The number of benzene rings is 3. The minimum Gasteiger partial charge on any atom is -0.487 e. The lowest BCUT2D eigenvalue weighted by atomic mass is 9.88. The highest BCUT2D eigenvalue weighted by molar-refractivity contribution is 7.90. The molecular weight excluding hydrogens is 723 g/mol. The van der Waals surface area contributed by atoms with Gasteiger partial charge in [0, 0.05) is 12.5 Å². The monoisotopic (exact) mass is 773 g/mol. The third kappa shape index (κ3) is 9.13. The first kappa shape index (κ1) is 40.8. The first-order chi connectivity index (χ1) is 26.1. The van der Waals surface area contributed by atoms with Gasteiger partial charge in [0.25, 0.3) is 10.0 Å². The van der Waals surface area contributed by atoms with E-state index in [-0.39, 0.29) is 48.8 Å². The van der Waals surface area contributed by atoms with Crippen molar-refractivity contribution >= 4 is 34.0 Å². The SMILES string of the molecule is C=CC[C@H](NC(=O)[C@@H](CCCNC(=N)NS(=O)(=O)c1c(C)c(C)c2c(c1C)CCC(C)(C)O2)NC(=O)OCC1c2ccccc2-c2ccccc21)C(=O)OC. The Labute approximate surface area is 323 Å². The smallest absolute Gasteiger partial charge is 0.407 e. The van der Waals surface area contributed by atoms with Crippen LogP contribution in [0.1, 0.15) is 78.8 Å². The number of sulfonamides is 1. The molecular formula is C41H51N5O8S. The van der Waals surface area contributed by atoms with Crippen LogP contribution < -0.4 is 25.4 Å². The largest absolute Gasteiger partial charge is 0.487 e. The van der Waals surface area contributed by atoms with E-state index in [1.165, 1.54) is 13.2 Å². The average Bonchev–Trinajstić information content (AvgIpc) is 3.46. The Morgan fingerprint density at radius 1 is 0.982 bits per heavy atom. The summed E-state index contributed by atoms with van der Waals surface area (Å²) in [5.74, 6) is -1.26. The summed E-state index contributed by atoms with van der Waals surface area (Å²) in [4.78, 5) is 39.2. The van der Waals surface area contributed by atoms with Crippen molar-refractivity contribution in [2.24, 2.45) is 0 Å². The fourth-order valence-corrected chi connectivity index (χ4v) is 8.86. The van der Waals surface area contributed by atoms with Gasteiger partial charge in [-0.3, -0.25) is 10.2 Å². The van der Waals surface area contributed by atoms with Gasteiger partial charge in [0.05, 0.1) is 12.0 Å². The van der Waals surface area contributed by atoms with E-state index in [0.717, 1.165) is 39.8 Å². The maximum Gasteiger partial charge on any atom is 0.407 e. The summed E-state index contributed by atoms with van der Waals surface area (Å²) >= 11 is 0. The third-order valence-electron chi connectivity index (χ3n) is 10.3. The number of fused-ring (bicyclic) bond motifs is 4. The number of carbonyl (C=O) groups excluding carboxylic acids is 3. The van der Waals surface area contributed by atoms with Crippen molar-refractivity contribution in [1.82, 2.24) is 20.7 Å². The summed E-state index contributed by atoms with van der Waals surface area (Å²) in [7, 11) is -2.95. The average molecular weight is 774 g/mol.